The Kier molecular flexibility index (Phi) is 2.60. The van der Waals surface area contributed by atoms with Crippen LogP contribution >= 0.6 is 0 Å². The van der Waals surface area contributed by atoms with Crippen molar-refractivity contribution in [3.63, 3.8) is 0 Å². The van der Waals surface area contributed by atoms with Gasteiger partial charge in [0, 0.05) is 25.2 Å². The van der Waals surface area contributed by atoms with Gasteiger partial charge < -0.3 is 10.2 Å². The van der Waals surface area contributed by atoms with Crippen LogP contribution in [0.15, 0.2) is 29.0 Å². The van der Waals surface area contributed by atoms with E-state index in [9.17, 15) is 0 Å². The fraction of sp³-hybridized carbons (Fsp3) is 0.364. The van der Waals surface area contributed by atoms with Crippen molar-refractivity contribution in [1.82, 2.24) is 9.78 Å². The number of furan rings is 1. The van der Waals surface area contributed by atoms with Gasteiger partial charge >= 0.3 is 0 Å². The fourth-order valence-corrected chi connectivity index (χ4v) is 1.76. The van der Waals surface area contributed by atoms with E-state index in [4.69, 9.17) is 10.2 Å². The van der Waals surface area contributed by atoms with E-state index in [-0.39, 0.29) is 6.04 Å². The molecule has 0 saturated carbocycles. The Balaban J connectivity index is 2.36. The van der Waals surface area contributed by atoms with Crippen LogP contribution in [0.25, 0.3) is 0 Å². The van der Waals surface area contributed by atoms with E-state index >= 15 is 0 Å². The van der Waals surface area contributed by atoms with Crippen LogP contribution in [0.2, 0.25) is 0 Å². The molecule has 4 heteroatoms. The molecule has 0 bridgehead atoms. The Morgan fingerprint density at radius 3 is 2.93 bits per heavy atom. The van der Waals surface area contributed by atoms with Crippen LogP contribution in [-0.2, 0) is 13.5 Å². The standard InChI is InChI=1S/C11H15N3O/c1-3-10-8(5-7-15-10)11(12)9-4-6-13-14(9)2/h4-7,11H,3,12H2,1-2H3. The van der Waals surface area contributed by atoms with Gasteiger partial charge in [0.1, 0.15) is 5.76 Å². The van der Waals surface area contributed by atoms with Crippen molar-refractivity contribution in [2.75, 3.05) is 0 Å². The van der Waals surface area contributed by atoms with Gasteiger partial charge in [0.2, 0.25) is 0 Å². The van der Waals surface area contributed by atoms with Gasteiger partial charge in [-0.05, 0) is 12.1 Å². The Bertz CT molecular complexity index is 444. The SMILES string of the molecule is CCc1occc1C(N)c1ccnn1C. The van der Waals surface area contributed by atoms with Crippen molar-refractivity contribution in [2.45, 2.75) is 19.4 Å². The minimum Gasteiger partial charge on any atom is -0.469 e. The molecule has 1 unspecified atom stereocenters. The van der Waals surface area contributed by atoms with Crippen LogP contribution in [0.5, 0.6) is 0 Å². The van der Waals surface area contributed by atoms with Gasteiger partial charge in [-0.3, -0.25) is 4.68 Å². The number of nitrogens with two attached hydrogens (primary N) is 1. The highest BCUT2D eigenvalue weighted by Crippen LogP contribution is 2.23. The predicted octanol–water partition coefficient (Wildman–Crippen LogP) is 1.62. The second-order valence-electron chi connectivity index (χ2n) is 3.51. The summed E-state index contributed by atoms with van der Waals surface area (Å²) in [7, 11) is 1.89. The van der Waals surface area contributed by atoms with Gasteiger partial charge in [0.05, 0.1) is 18.0 Å². The molecule has 0 saturated heterocycles. The lowest BCUT2D eigenvalue weighted by atomic mass is 10.0. The third-order valence-corrected chi connectivity index (χ3v) is 2.61. The highest BCUT2D eigenvalue weighted by atomic mass is 16.3. The van der Waals surface area contributed by atoms with Gasteiger partial charge in [-0.2, -0.15) is 5.10 Å². The fourth-order valence-electron chi connectivity index (χ4n) is 1.76. The summed E-state index contributed by atoms with van der Waals surface area (Å²) in [5.74, 6) is 0.948. The molecule has 15 heavy (non-hydrogen) atoms. The third-order valence-electron chi connectivity index (χ3n) is 2.61. The minimum atomic E-state index is -0.161. The van der Waals surface area contributed by atoms with Crippen molar-refractivity contribution >= 4 is 0 Å². The van der Waals surface area contributed by atoms with Crippen LogP contribution in [0.4, 0.5) is 0 Å². The zero-order valence-corrected chi connectivity index (χ0v) is 8.97. The molecule has 0 aliphatic heterocycles. The van der Waals surface area contributed by atoms with Crippen LogP contribution in [-0.4, -0.2) is 9.78 Å². The Labute approximate surface area is 88.7 Å². The molecule has 1 atom stereocenters. The van der Waals surface area contributed by atoms with Gasteiger partial charge in [0.25, 0.3) is 0 Å². The predicted molar refractivity (Wildman–Crippen MR) is 57.3 cm³/mol. The number of hydrogen-bond acceptors (Lipinski definition) is 3. The Morgan fingerprint density at radius 1 is 1.53 bits per heavy atom. The van der Waals surface area contributed by atoms with E-state index in [2.05, 4.69) is 12.0 Å². The van der Waals surface area contributed by atoms with E-state index in [0.29, 0.717) is 0 Å². The molecule has 0 aromatic carbocycles. The van der Waals surface area contributed by atoms with Crippen molar-refractivity contribution in [3.05, 3.63) is 41.6 Å². The topological polar surface area (TPSA) is 57.0 Å². The number of nitrogens with zero attached hydrogens (tertiary/aromatic N) is 2. The molecule has 0 spiro atoms. The smallest absolute Gasteiger partial charge is 0.108 e. The molecular weight excluding hydrogens is 190 g/mol. The van der Waals surface area contributed by atoms with Crippen LogP contribution in [0, 0.1) is 0 Å². The molecule has 2 N–H and O–H groups in total. The molecule has 2 heterocycles. The maximum Gasteiger partial charge on any atom is 0.108 e. The molecule has 0 amide bonds. The molecule has 2 aromatic rings. The molecule has 0 aliphatic carbocycles. The molecule has 4 nitrogen and oxygen atoms in total. The average molecular weight is 205 g/mol. The maximum atomic E-state index is 6.16. The zero-order chi connectivity index (χ0) is 10.8. The Morgan fingerprint density at radius 2 is 2.33 bits per heavy atom. The van der Waals surface area contributed by atoms with E-state index in [0.717, 1.165) is 23.4 Å². The highest BCUT2D eigenvalue weighted by molar-refractivity contribution is 5.28. The molecular formula is C11H15N3O. The van der Waals surface area contributed by atoms with Crippen LogP contribution in [0.1, 0.15) is 30.0 Å². The maximum absolute atomic E-state index is 6.16. The Hall–Kier alpha value is -1.55. The number of aromatic nitrogens is 2. The van der Waals surface area contributed by atoms with Crippen molar-refractivity contribution in [2.24, 2.45) is 12.8 Å². The van der Waals surface area contributed by atoms with Crippen molar-refractivity contribution in [3.8, 4) is 0 Å². The first-order valence-electron chi connectivity index (χ1n) is 5.03. The van der Waals surface area contributed by atoms with E-state index in [1.807, 2.05) is 19.2 Å². The highest BCUT2D eigenvalue weighted by Gasteiger charge is 2.17. The van der Waals surface area contributed by atoms with Gasteiger partial charge in [-0.25, -0.2) is 0 Å². The third kappa shape index (κ3) is 1.68. The summed E-state index contributed by atoms with van der Waals surface area (Å²) in [5.41, 5.74) is 8.20. The van der Waals surface area contributed by atoms with Gasteiger partial charge in [0.15, 0.2) is 0 Å². The molecule has 2 aromatic heterocycles. The lowest BCUT2D eigenvalue weighted by molar-refractivity contribution is 0.507. The molecule has 2 rings (SSSR count). The first-order valence-corrected chi connectivity index (χ1v) is 5.03. The second-order valence-corrected chi connectivity index (χ2v) is 3.51. The van der Waals surface area contributed by atoms with Crippen molar-refractivity contribution in [1.29, 1.82) is 0 Å². The molecule has 0 aliphatic rings. The second kappa shape index (κ2) is 3.90. The monoisotopic (exact) mass is 205 g/mol. The minimum absolute atomic E-state index is 0.161. The zero-order valence-electron chi connectivity index (χ0n) is 8.97. The summed E-state index contributed by atoms with van der Waals surface area (Å²) in [6, 6.07) is 3.69. The molecule has 0 fully saturated rings. The first-order chi connectivity index (χ1) is 7.24. The van der Waals surface area contributed by atoms with Crippen LogP contribution in [0.3, 0.4) is 0 Å². The van der Waals surface area contributed by atoms with E-state index in [1.165, 1.54) is 0 Å². The number of hydrogen-bond donors (Lipinski definition) is 1. The molecule has 80 valence electrons. The van der Waals surface area contributed by atoms with Gasteiger partial charge in [-0.1, -0.05) is 6.92 Å². The first kappa shape index (κ1) is 9.98. The summed E-state index contributed by atoms with van der Waals surface area (Å²) < 4.78 is 7.15. The number of aryl methyl sites for hydroxylation is 2. The largest absolute Gasteiger partial charge is 0.469 e. The van der Waals surface area contributed by atoms with E-state index in [1.54, 1.807) is 17.1 Å². The average Bonchev–Trinajstić information content (AvgIpc) is 2.84. The molecule has 0 radical (unpaired) electrons. The summed E-state index contributed by atoms with van der Waals surface area (Å²) in [4.78, 5) is 0. The van der Waals surface area contributed by atoms with Crippen LogP contribution < -0.4 is 5.73 Å². The normalized spacial score (nSPS) is 13.0. The van der Waals surface area contributed by atoms with E-state index < -0.39 is 0 Å². The number of rotatable bonds is 3. The summed E-state index contributed by atoms with van der Waals surface area (Å²) in [6.45, 7) is 2.05. The van der Waals surface area contributed by atoms with Gasteiger partial charge in [-0.15, -0.1) is 0 Å². The summed E-state index contributed by atoms with van der Waals surface area (Å²) in [5, 5.41) is 4.11. The summed E-state index contributed by atoms with van der Waals surface area (Å²) in [6.07, 6.45) is 4.29. The lowest BCUT2D eigenvalue weighted by Crippen LogP contribution is -2.16. The lowest BCUT2D eigenvalue weighted by Gasteiger charge is -2.11. The quantitative estimate of drug-likeness (QED) is 0.828. The van der Waals surface area contributed by atoms with Crippen molar-refractivity contribution < 1.29 is 4.42 Å². The summed E-state index contributed by atoms with van der Waals surface area (Å²) >= 11 is 0.